The first-order valence-corrected chi connectivity index (χ1v) is 9.31. The highest BCUT2D eigenvalue weighted by atomic mass is 127. The average Bonchev–Trinajstić information content (AvgIpc) is 3.00. The predicted octanol–water partition coefficient (Wildman–Crippen LogP) is 3.39. The summed E-state index contributed by atoms with van der Waals surface area (Å²) in [6.07, 6.45) is 8.06. The zero-order chi connectivity index (χ0) is 17.1. The molecule has 1 fully saturated rings. The smallest absolute Gasteiger partial charge is 0.222 e. The van der Waals surface area contributed by atoms with Gasteiger partial charge in [0.2, 0.25) is 5.91 Å². The van der Waals surface area contributed by atoms with Crippen LogP contribution in [0.2, 0.25) is 0 Å². The molecule has 5 nitrogen and oxygen atoms in total. The van der Waals surface area contributed by atoms with Crippen LogP contribution in [0.25, 0.3) is 0 Å². The zero-order valence-corrected chi connectivity index (χ0v) is 18.3. The fourth-order valence-electron chi connectivity index (χ4n) is 2.95. The largest absolute Gasteiger partial charge is 0.356 e. The lowest BCUT2D eigenvalue weighted by Gasteiger charge is -2.18. The number of nitrogens with one attached hydrogen (secondary N) is 2. The molecule has 2 N–H and O–H groups in total. The second-order valence-corrected chi connectivity index (χ2v) is 6.92. The quantitative estimate of drug-likeness (QED) is 0.244. The number of carbonyl (C=O) groups is 1. The Balaban J connectivity index is 0.00000529. The van der Waals surface area contributed by atoms with E-state index >= 15 is 0 Å². The minimum Gasteiger partial charge on any atom is -0.356 e. The van der Waals surface area contributed by atoms with Gasteiger partial charge in [-0.05, 0) is 18.8 Å². The van der Waals surface area contributed by atoms with Crippen molar-refractivity contribution in [3.63, 3.8) is 0 Å². The molecule has 1 rings (SSSR count). The summed E-state index contributed by atoms with van der Waals surface area (Å²) in [7, 11) is 1.81. The summed E-state index contributed by atoms with van der Waals surface area (Å²) < 4.78 is 0. The second-order valence-electron chi connectivity index (χ2n) is 6.92. The maximum absolute atomic E-state index is 11.7. The molecule has 142 valence electrons. The normalized spacial score (nSPS) is 17.8. The highest BCUT2D eigenvalue weighted by Crippen LogP contribution is 2.11. The molecule has 1 unspecified atom stereocenters. The fraction of sp³-hybridized carbons (Fsp3) is 0.889. The number of halogens is 1. The summed E-state index contributed by atoms with van der Waals surface area (Å²) in [6.45, 7) is 9.11. The Morgan fingerprint density at radius 3 is 2.58 bits per heavy atom. The lowest BCUT2D eigenvalue weighted by atomic mass is 10.0. The van der Waals surface area contributed by atoms with Crippen molar-refractivity contribution in [1.82, 2.24) is 15.5 Å². The number of rotatable bonds is 9. The van der Waals surface area contributed by atoms with Crippen LogP contribution in [0.1, 0.15) is 65.7 Å². The van der Waals surface area contributed by atoms with Crippen molar-refractivity contribution in [3.8, 4) is 0 Å². The van der Waals surface area contributed by atoms with E-state index in [0.29, 0.717) is 12.5 Å². The predicted molar refractivity (Wildman–Crippen MR) is 113 cm³/mol. The number of carbonyl (C=O) groups excluding carboxylic acids is 1. The monoisotopic (exact) mass is 452 g/mol. The van der Waals surface area contributed by atoms with Crippen LogP contribution in [0.15, 0.2) is 4.99 Å². The third kappa shape index (κ3) is 9.69. The van der Waals surface area contributed by atoms with Gasteiger partial charge in [0.25, 0.3) is 0 Å². The van der Waals surface area contributed by atoms with E-state index in [9.17, 15) is 4.79 Å². The number of hydrogen-bond acceptors (Lipinski definition) is 2. The highest BCUT2D eigenvalue weighted by Gasteiger charge is 2.25. The Labute approximate surface area is 165 Å². The van der Waals surface area contributed by atoms with Crippen molar-refractivity contribution in [2.75, 3.05) is 26.7 Å². The Kier molecular flexibility index (Phi) is 13.4. The number of amides is 1. The molecule has 1 aliphatic rings. The van der Waals surface area contributed by atoms with Crippen LogP contribution in [0.4, 0.5) is 0 Å². The molecule has 6 heteroatoms. The zero-order valence-electron chi connectivity index (χ0n) is 15.9. The van der Waals surface area contributed by atoms with E-state index in [2.05, 4.69) is 29.5 Å². The van der Waals surface area contributed by atoms with Crippen molar-refractivity contribution in [2.24, 2.45) is 10.9 Å². The van der Waals surface area contributed by atoms with Crippen LogP contribution in [0.3, 0.4) is 0 Å². The Morgan fingerprint density at radius 1 is 1.25 bits per heavy atom. The Hall–Kier alpha value is -0.530. The summed E-state index contributed by atoms with van der Waals surface area (Å²) in [5.41, 5.74) is 0. The van der Waals surface area contributed by atoms with Gasteiger partial charge in [-0.1, -0.05) is 46.5 Å². The number of hydrogen-bond donors (Lipinski definition) is 2. The molecule has 0 spiro atoms. The molecular weight excluding hydrogens is 415 g/mol. The van der Waals surface area contributed by atoms with E-state index in [1.807, 2.05) is 18.9 Å². The van der Waals surface area contributed by atoms with E-state index in [4.69, 9.17) is 0 Å². The van der Waals surface area contributed by atoms with E-state index in [0.717, 1.165) is 37.9 Å². The first-order valence-electron chi connectivity index (χ1n) is 9.31. The van der Waals surface area contributed by atoms with Gasteiger partial charge < -0.3 is 15.5 Å². The first-order chi connectivity index (χ1) is 11.1. The van der Waals surface area contributed by atoms with Crippen LogP contribution in [-0.2, 0) is 4.79 Å². The van der Waals surface area contributed by atoms with Gasteiger partial charge in [0.1, 0.15) is 0 Å². The van der Waals surface area contributed by atoms with Gasteiger partial charge in [0, 0.05) is 39.1 Å². The summed E-state index contributed by atoms with van der Waals surface area (Å²) in [5.74, 6) is 1.93. The molecule has 1 amide bonds. The Bertz CT molecular complexity index is 374. The summed E-state index contributed by atoms with van der Waals surface area (Å²) in [5, 5.41) is 6.83. The molecule has 0 aromatic heterocycles. The molecule has 1 aliphatic heterocycles. The highest BCUT2D eigenvalue weighted by molar-refractivity contribution is 14.0. The van der Waals surface area contributed by atoms with Crippen LogP contribution in [0, 0.1) is 5.92 Å². The lowest BCUT2D eigenvalue weighted by molar-refractivity contribution is -0.129. The van der Waals surface area contributed by atoms with E-state index < -0.39 is 0 Å². The van der Waals surface area contributed by atoms with Crippen LogP contribution >= 0.6 is 24.0 Å². The average molecular weight is 452 g/mol. The van der Waals surface area contributed by atoms with E-state index in [1.165, 1.54) is 32.1 Å². The van der Waals surface area contributed by atoms with Gasteiger partial charge in [-0.25, -0.2) is 0 Å². The van der Waals surface area contributed by atoms with Crippen molar-refractivity contribution in [1.29, 1.82) is 0 Å². The van der Waals surface area contributed by atoms with Crippen molar-refractivity contribution in [3.05, 3.63) is 0 Å². The fourth-order valence-corrected chi connectivity index (χ4v) is 2.95. The molecule has 1 heterocycles. The standard InChI is InChI=1S/C18H36N4O.HI/c1-5-17(23)22-13-11-16(14-22)21-18(19-4)20-12-9-7-6-8-10-15(2)3;/h15-16H,5-14H2,1-4H3,(H2,19,20,21);1H. The molecule has 1 atom stereocenters. The van der Waals surface area contributed by atoms with Crippen LogP contribution < -0.4 is 10.6 Å². The van der Waals surface area contributed by atoms with Crippen molar-refractivity contribution in [2.45, 2.75) is 71.8 Å². The first kappa shape index (κ1) is 23.5. The number of nitrogens with zero attached hydrogens (tertiary/aromatic N) is 2. The van der Waals surface area contributed by atoms with Gasteiger partial charge in [-0.2, -0.15) is 0 Å². The third-order valence-electron chi connectivity index (χ3n) is 4.41. The van der Waals surface area contributed by atoms with Crippen LogP contribution in [-0.4, -0.2) is 49.5 Å². The number of guanidine groups is 1. The lowest BCUT2D eigenvalue weighted by Crippen LogP contribution is -2.45. The SMILES string of the molecule is CCC(=O)N1CCC(NC(=NC)NCCCCCCC(C)C)C1.I. The molecule has 0 aromatic rings. The topological polar surface area (TPSA) is 56.7 Å². The van der Waals surface area contributed by atoms with Gasteiger partial charge in [0.15, 0.2) is 5.96 Å². The van der Waals surface area contributed by atoms with Gasteiger partial charge in [-0.15, -0.1) is 24.0 Å². The molecule has 1 saturated heterocycles. The van der Waals surface area contributed by atoms with Gasteiger partial charge >= 0.3 is 0 Å². The molecular formula is C18H37IN4O. The molecule has 24 heavy (non-hydrogen) atoms. The third-order valence-corrected chi connectivity index (χ3v) is 4.41. The Morgan fingerprint density at radius 2 is 1.96 bits per heavy atom. The number of aliphatic imine (C=N–C) groups is 1. The van der Waals surface area contributed by atoms with E-state index in [-0.39, 0.29) is 29.9 Å². The van der Waals surface area contributed by atoms with Gasteiger partial charge in [0.05, 0.1) is 0 Å². The van der Waals surface area contributed by atoms with E-state index in [1.54, 1.807) is 0 Å². The molecule has 0 radical (unpaired) electrons. The molecule has 0 aromatic carbocycles. The summed E-state index contributed by atoms with van der Waals surface area (Å²) >= 11 is 0. The van der Waals surface area contributed by atoms with Crippen molar-refractivity contribution >= 4 is 35.8 Å². The minimum atomic E-state index is 0. The maximum atomic E-state index is 11.7. The van der Waals surface area contributed by atoms with Crippen LogP contribution in [0.5, 0.6) is 0 Å². The molecule has 0 bridgehead atoms. The van der Waals surface area contributed by atoms with Gasteiger partial charge in [-0.3, -0.25) is 9.79 Å². The number of unbranched alkanes of at least 4 members (excludes halogenated alkanes) is 3. The maximum Gasteiger partial charge on any atom is 0.222 e. The molecule has 0 saturated carbocycles. The van der Waals surface area contributed by atoms with Crippen molar-refractivity contribution < 1.29 is 4.79 Å². The second kappa shape index (κ2) is 13.7. The molecule has 0 aliphatic carbocycles. The minimum absolute atomic E-state index is 0. The number of likely N-dealkylation sites (tertiary alicyclic amines) is 1. The summed E-state index contributed by atoms with van der Waals surface area (Å²) in [4.78, 5) is 17.9. The summed E-state index contributed by atoms with van der Waals surface area (Å²) in [6, 6.07) is 0.322.